The maximum atomic E-state index is 13.4. The highest BCUT2D eigenvalue weighted by atomic mass is 35.5. The van der Waals surface area contributed by atoms with Gasteiger partial charge in [-0.25, -0.2) is 4.79 Å². The molecule has 5 aromatic rings. The zero-order chi connectivity index (χ0) is 30.5. The number of halogens is 1. The predicted molar refractivity (Wildman–Crippen MR) is 168 cm³/mol. The molecule has 0 unspecified atom stereocenters. The Labute approximate surface area is 258 Å². The van der Waals surface area contributed by atoms with E-state index in [9.17, 15) is 14.7 Å². The number of para-hydroxylation sites is 2. The number of carbonyl (C=O) groups is 2. The molecule has 0 saturated carbocycles. The number of carboxylic acids is 1. The van der Waals surface area contributed by atoms with E-state index < -0.39 is 17.9 Å². The van der Waals surface area contributed by atoms with E-state index in [0.717, 1.165) is 28.0 Å². The number of amides is 1. The molecule has 9 heteroatoms. The van der Waals surface area contributed by atoms with E-state index in [4.69, 9.17) is 26.1 Å². The summed E-state index contributed by atoms with van der Waals surface area (Å²) in [5.74, 6) is 0.302. The van der Waals surface area contributed by atoms with Gasteiger partial charge in [0.05, 0.1) is 16.8 Å². The number of rotatable bonds is 10. The molecule has 0 bridgehead atoms. The van der Waals surface area contributed by atoms with Gasteiger partial charge in [-0.1, -0.05) is 78.3 Å². The molecule has 0 saturated heterocycles. The molecule has 0 radical (unpaired) electrons. The second-order valence-electron chi connectivity index (χ2n) is 10.1. The zero-order valence-corrected chi connectivity index (χ0v) is 24.1. The smallest absolute Gasteiger partial charge is 0.326 e. The van der Waals surface area contributed by atoms with Crippen LogP contribution in [-0.4, -0.2) is 23.0 Å². The van der Waals surface area contributed by atoms with Crippen molar-refractivity contribution < 1.29 is 29.2 Å². The minimum atomic E-state index is -1.17. The maximum Gasteiger partial charge on any atom is 0.326 e. The first-order valence-electron chi connectivity index (χ1n) is 13.9. The fourth-order valence-electron chi connectivity index (χ4n) is 4.93. The summed E-state index contributed by atoms with van der Waals surface area (Å²) in [5.41, 5.74) is 4.69. The summed E-state index contributed by atoms with van der Waals surface area (Å²) in [6, 6.07) is 33.7. The summed E-state index contributed by atoms with van der Waals surface area (Å²) in [5, 5.41) is 16.3. The molecule has 6 rings (SSSR count). The molecule has 1 heterocycles. The van der Waals surface area contributed by atoms with Crippen LogP contribution >= 0.6 is 11.6 Å². The minimum Gasteiger partial charge on any atom is -0.480 e. The van der Waals surface area contributed by atoms with Crippen molar-refractivity contribution in [1.82, 2.24) is 5.32 Å². The molecule has 220 valence electrons. The predicted octanol–water partition coefficient (Wildman–Crippen LogP) is 7.79. The van der Waals surface area contributed by atoms with Gasteiger partial charge < -0.3 is 25.4 Å². The van der Waals surface area contributed by atoms with Crippen molar-refractivity contribution in [3.8, 4) is 28.4 Å². The van der Waals surface area contributed by atoms with E-state index in [-0.39, 0.29) is 18.6 Å². The first-order chi connectivity index (χ1) is 21.4. The van der Waals surface area contributed by atoms with Crippen molar-refractivity contribution in [3.63, 3.8) is 0 Å². The van der Waals surface area contributed by atoms with Gasteiger partial charge in [-0.3, -0.25) is 4.79 Å². The molecule has 0 aromatic heterocycles. The lowest BCUT2D eigenvalue weighted by atomic mass is 9.99. The number of hydrogen-bond acceptors (Lipinski definition) is 6. The van der Waals surface area contributed by atoms with Gasteiger partial charge in [0.1, 0.15) is 24.1 Å². The summed E-state index contributed by atoms with van der Waals surface area (Å²) in [6.07, 6.45) is 0.0841. The number of ether oxygens (including phenoxy) is 1. The minimum absolute atomic E-state index is 0.0841. The van der Waals surface area contributed by atoms with Gasteiger partial charge >= 0.3 is 5.97 Å². The van der Waals surface area contributed by atoms with Gasteiger partial charge in [0.25, 0.3) is 5.91 Å². The van der Waals surface area contributed by atoms with Gasteiger partial charge in [0.2, 0.25) is 0 Å². The van der Waals surface area contributed by atoms with Gasteiger partial charge in [-0.15, -0.1) is 0 Å². The lowest BCUT2D eigenvalue weighted by Crippen LogP contribution is -2.42. The van der Waals surface area contributed by atoms with E-state index in [0.29, 0.717) is 27.9 Å². The largest absolute Gasteiger partial charge is 0.480 e. The average molecular weight is 607 g/mol. The highest BCUT2D eigenvalue weighted by Gasteiger charge is 2.24. The third-order valence-electron chi connectivity index (χ3n) is 7.15. The SMILES string of the molecule is O=C(N[C@@H](Cc1ccc(-c2ccccc2Oc2ccccc2)cc1)C(=O)O)c1ccc(Cl)cc1Nc1cccc2c1COO2. The standard InChI is InChI=1S/C35H27ClN2O6/c36-24-17-18-27(30(20-24)37-29-10-6-12-33-28(29)21-42-44-33)34(39)38-31(35(40)41)19-22-13-15-23(16-14-22)26-9-4-5-11-32(26)43-25-7-2-1-3-8-25/h1-18,20,31,37H,19,21H2,(H,38,39)(H,40,41)/t31-/m0/s1. The Morgan fingerprint density at radius 3 is 2.43 bits per heavy atom. The summed E-state index contributed by atoms with van der Waals surface area (Å²) >= 11 is 6.25. The second-order valence-corrected chi connectivity index (χ2v) is 10.6. The number of anilines is 2. The maximum absolute atomic E-state index is 13.4. The Kier molecular flexibility index (Phi) is 8.45. The van der Waals surface area contributed by atoms with Gasteiger partial charge in [-0.2, -0.15) is 4.89 Å². The Morgan fingerprint density at radius 2 is 1.64 bits per heavy atom. The molecular formula is C35H27ClN2O6. The lowest BCUT2D eigenvalue weighted by Gasteiger charge is -2.18. The fraction of sp³-hybridized carbons (Fsp3) is 0.0857. The monoisotopic (exact) mass is 606 g/mol. The second kappa shape index (κ2) is 12.9. The van der Waals surface area contributed by atoms with Crippen molar-refractivity contribution in [2.75, 3.05) is 5.32 Å². The van der Waals surface area contributed by atoms with Crippen molar-refractivity contribution in [2.45, 2.75) is 19.1 Å². The van der Waals surface area contributed by atoms with Crippen molar-refractivity contribution in [3.05, 3.63) is 137 Å². The average Bonchev–Trinajstić information content (AvgIpc) is 3.52. The van der Waals surface area contributed by atoms with Crippen LogP contribution < -0.4 is 20.3 Å². The molecule has 3 N–H and O–H groups in total. The Balaban J connectivity index is 1.18. The Hall–Kier alpha value is -5.31. The van der Waals surface area contributed by atoms with Crippen LogP contribution in [0.25, 0.3) is 11.1 Å². The lowest BCUT2D eigenvalue weighted by molar-refractivity contribution is -0.194. The van der Waals surface area contributed by atoms with Crippen LogP contribution in [0.5, 0.6) is 17.2 Å². The molecule has 8 nitrogen and oxygen atoms in total. The number of carbonyl (C=O) groups excluding carboxylic acids is 1. The number of benzene rings is 5. The third kappa shape index (κ3) is 6.52. The van der Waals surface area contributed by atoms with Gasteiger partial charge in [0.15, 0.2) is 5.75 Å². The molecular weight excluding hydrogens is 580 g/mol. The van der Waals surface area contributed by atoms with Crippen molar-refractivity contribution in [1.29, 1.82) is 0 Å². The highest BCUT2D eigenvalue weighted by Crippen LogP contribution is 2.36. The summed E-state index contributed by atoms with van der Waals surface area (Å²) in [7, 11) is 0. The molecule has 1 aliphatic heterocycles. The number of nitrogens with one attached hydrogen (secondary N) is 2. The van der Waals surface area contributed by atoms with Crippen LogP contribution in [0.3, 0.4) is 0 Å². The molecule has 0 fully saturated rings. The van der Waals surface area contributed by atoms with E-state index in [1.54, 1.807) is 30.3 Å². The first kappa shape index (κ1) is 28.8. The summed E-state index contributed by atoms with van der Waals surface area (Å²) in [6.45, 7) is 0.242. The summed E-state index contributed by atoms with van der Waals surface area (Å²) in [4.78, 5) is 35.9. The fourth-order valence-corrected chi connectivity index (χ4v) is 5.10. The molecule has 5 aromatic carbocycles. The molecule has 44 heavy (non-hydrogen) atoms. The molecule has 1 aliphatic rings. The van der Waals surface area contributed by atoms with Crippen LogP contribution in [-0.2, 0) is 22.7 Å². The van der Waals surface area contributed by atoms with Crippen LogP contribution in [0.15, 0.2) is 115 Å². The van der Waals surface area contributed by atoms with Crippen LogP contribution in [0, 0.1) is 0 Å². The van der Waals surface area contributed by atoms with Crippen LogP contribution in [0.1, 0.15) is 21.5 Å². The van der Waals surface area contributed by atoms with Crippen LogP contribution in [0.4, 0.5) is 11.4 Å². The molecule has 1 atom stereocenters. The van der Waals surface area contributed by atoms with E-state index in [1.807, 2.05) is 84.9 Å². The highest BCUT2D eigenvalue weighted by molar-refractivity contribution is 6.31. The number of fused-ring (bicyclic) bond motifs is 1. The molecule has 1 amide bonds. The van der Waals surface area contributed by atoms with Crippen LogP contribution in [0.2, 0.25) is 5.02 Å². The number of aliphatic carboxylic acids is 1. The number of hydrogen-bond donors (Lipinski definition) is 3. The topological polar surface area (TPSA) is 106 Å². The summed E-state index contributed by atoms with van der Waals surface area (Å²) < 4.78 is 6.10. The zero-order valence-electron chi connectivity index (χ0n) is 23.3. The van der Waals surface area contributed by atoms with E-state index in [1.165, 1.54) is 0 Å². The first-order valence-corrected chi connectivity index (χ1v) is 14.3. The Morgan fingerprint density at radius 1 is 0.864 bits per heavy atom. The Bertz CT molecular complexity index is 1810. The number of carboxylic acid groups (broad SMARTS) is 1. The molecule has 0 aliphatic carbocycles. The quantitative estimate of drug-likeness (QED) is 0.139. The van der Waals surface area contributed by atoms with Crippen molar-refractivity contribution >= 4 is 34.9 Å². The van der Waals surface area contributed by atoms with E-state index >= 15 is 0 Å². The van der Waals surface area contributed by atoms with Gasteiger partial charge in [-0.05, 0) is 59.7 Å². The van der Waals surface area contributed by atoms with Gasteiger partial charge in [0, 0.05) is 22.7 Å². The third-order valence-corrected chi connectivity index (χ3v) is 7.38. The molecule has 0 spiro atoms. The van der Waals surface area contributed by atoms with Crippen molar-refractivity contribution in [2.24, 2.45) is 0 Å². The van der Waals surface area contributed by atoms with E-state index in [2.05, 4.69) is 10.6 Å². The normalized spacial score (nSPS) is 12.5.